The third-order valence-corrected chi connectivity index (χ3v) is 2.98. The van der Waals surface area contributed by atoms with E-state index in [1.807, 2.05) is 13.8 Å². The van der Waals surface area contributed by atoms with E-state index >= 15 is 0 Å². The average Bonchev–Trinajstić information content (AvgIpc) is 2.08. The minimum absolute atomic E-state index is 0.718. The molecule has 1 rings (SSSR count). The molecule has 0 amide bonds. The maximum atomic E-state index is 5.35. The Kier molecular flexibility index (Phi) is 2.01. The number of aromatic nitrogens is 1. The first-order valence-corrected chi connectivity index (χ1v) is 6.39. The average molecular weight is 173 g/mol. The molecule has 0 saturated carbocycles. The number of nitrogens with zero attached hydrogens (tertiary/aromatic N) is 1. The van der Waals surface area contributed by atoms with Gasteiger partial charge in [0, 0.05) is 6.92 Å². The van der Waals surface area contributed by atoms with E-state index in [-0.39, 0.29) is 0 Å². The third kappa shape index (κ3) is 1.77. The molecule has 1 heterocycles. The first-order valence-electron chi connectivity index (χ1n) is 3.53. The fourth-order valence-electron chi connectivity index (χ4n) is 1.08. The van der Waals surface area contributed by atoms with Crippen molar-refractivity contribution in [3.63, 3.8) is 0 Å². The molecule has 3 heteroatoms. The van der Waals surface area contributed by atoms with Crippen LogP contribution in [0.3, 0.4) is 0 Å². The van der Waals surface area contributed by atoms with Crippen molar-refractivity contribution in [1.82, 2.24) is 4.98 Å². The Labute approximate surface area is 69.3 Å². The smallest absolute Gasteiger partial charge is 0.192 e. The molecule has 1 aromatic heterocycles. The first-order chi connectivity index (χ1) is 4.91. The SMILES string of the molecule is Cc1nc(S(C)(C)C)c(C)o1. The van der Waals surface area contributed by atoms with E-state index in [1.165, 1.54) is 0 Å². The highest BCUT2D eigenvalue weighted by Crippen LogP contribution is 2.45. The van der Waals surface area contributed by atoms with Crippen LogP contribution in [0, 0.1) is 13.8 Å². The van der Waals surface area contributed by atoms with Gasteiger partial charge in [-0.25, -0.2) is 15.0 Å². The molecule has 11 heavy (non-hydrogen) atoms. The second-order valence-corrected chi connectivity index (χ2v) is 7.49. The van der Waals surface area contributed by atoms with Crippen LogP contribution >= 0.6 is 10.0 Å². The van der Waals surface area contributed by atoms with Gasteiger partial charge in [-0.15, -0.1) is 0 Å². The van der Waals surface area contributed by atoms with Crippen LogP contribution < -0.4 is 0 Å². The number of hydrogen-bond donors (Lipinski definition) is 0. The van der Waals surface area contributed by atoms with Gasteiger partial charge in [0.25, 0.3) is 0 Å². The molecule has 0 aliphatic rings. The fraction of sp³-hybridized carbons (Fsp3) is 0.625. The topological polar surface area (TPSA) is 26.0 Å². The lowest BCUT2D eigenvalue weighted by molar-refractivity contribution is 0.491. The third-order valence-electron chi connectivity index (χ3n) is 1.44. The monoisotopic (exact) mass is 173 g/mol. The molecular formula is C8H15NOS. The van der Waals surface area contributed by atoms with Crippen LogP contribution in [0.25, 0.3) is 0 Å². The summed E-state index contributed by atoms with van der Waals surface area (Å²) >= 11 is 0. The molecule has 1 aromatic rings. The Morgan fingerprint density at radius 3 is 1.91 bits per heavy atom. The summed E-state index contributed by atoms with van der Waals surface area (Å²) in [4.78, 5) is 4.35. The van der Waals surface area contributed by atoms with Crippen LogP contribution in [0.4, 0.5) is 0 Å². The Hall–Kier alpha value is -0.440. The number of hydrogen-bond acceptors (Lipinski definition) is 2. The van der Waals surface area contributed by atoms with Crippen molar-refractivity contribution in [2.75, 3.05) is 18.8 Å². The molecule has 0 bridgehead atoms. The van der Waals surface area contributed by atoms with Crippen molar-refractivity contribution in [3.8, 4) is 0 Å². The summed E-state index contributed by atoms with van der Waals surface area (Å²) in [6.07, 6.45) is 6.66. The summed E-state index contributed by atoms with van der Waals surface area (Å²) in [6.45, 7) is 3.87. The molecule has 2 nitrogen and oxygen atoms in total. The van der Waals surface area contributed by atoms with Gasteiger partial charge in [-0.05, 0) is 25.7 Å². The van der Waals surface area contributed by atoms with Gasteiger partial charge in [-0.2, -0.15) is 0 Å². The Balaban J connectivity index is 3.13. The van der Waals surface area contributed by atoms with E-state index < -0.39 is 10.0 Å². The minimum atomic E-state index is -0.718. The van der Waals surface area contributed by atoms with Crippen molar-refractivity contribution in [1.29, 1.82) is 0 Å². The molecule has 0 fully saturated rings. The zero-order chi connectivity index (χ0) is 8.65. The summed E-state index contributed by atoms with van der Waals surface area (Å²) in [5.74, 6) is 1.75. The van der Waals surface area contributed by atoms with E-state index in [4.69, 9.17) is 4.42 Å². The summed E-state index contributed by atoms with van der Waals surface area (Å²) in [7, 11) is -0.718. The maximum Gasteiger partial charge on any atom is 0.192 e. The Bertz CT molecular complexity index is 260. The quantitative estimate of drug-likeness (QED) is 0.651. The van der Waals surface area contributed by atoms with Crippen molar-refractivity contribution >= 4 is 10.0 Å². The first kappa shape index (κ1) is 8.65. The molecule has 64 valence electrons. The second kappa shape index (κ2) is 2.55. The van der Waals surface area contributed by atoms with Crippen molar-refractivity contribution in [3.05, 3.63) is 11.7 Å². The van der Waals surface area contributed by atoms with Crippen LogP contribution in [0.1, 0.15) is 11.7 Å². The number of aryl methyl sites for hydroxylation is 2. The van der Waals surface area contributed by atoms with Crippen LogP contribution in [0.5, 0.6) is 0 Å². The molecule has 0 spiro atoms. The number of oxazole rings is 1. The number of rotatable bonds is 1. The van der Waals surface area contributed by atoms with Gasteiger partial charge in [-0.3, -0.25) is 0 Å². The van der Waals surface area contributed by atoms with E-state index in [0.717, 1.165) is 16.7 Å². The Morgan fingerprint density at radius 1 is 1.18 bits per heavy atom. The second-order valence-electron chi connectivity index (χ2n) is 3.43. The van der Waals surface area contributed by atoms with Crippen molar-refractivity contribution in [2.45, 2.75) is 18.9 Å². The van der Waals surface area contributed by atoms with Gasteiger partial charge in [0.15, 0.2) is 5.89 Å². The normalized spacial score (nSPS) is 13.5. The van der Waals surface area contributed by atoms with Gasteiger partial charge < -0.3 is 4.42 Å². The van der Waals surface area contributed by atoms with Crippen molar-refractivity contribution < 1.29 is 4.42 Å². The largest absolute Gasteiger partial charge is 0.445 e. The lowest BCUT2D eigenvalue weighted by Crippen LogP contribution is -1.94. The zero-order valence-corrected chi connectivity index (χ0v) is 8.58. The lowest BCUT2D eigenvalue weighted by Gasteiger charge is -2.22. The molecule has 0 saturated heterocycles. The molecule has 0 N–H and O–H groups in total. The van der Waals surface area contributed by atoms with E-state index in [9.17, 15) is 0 Å². The summed E-state index contributed by atoms with van der Waals surface area (Å²) in [5, 5.41) is 1.15. The van der Waals surface area contributed by atoms with Crippen LogP contribution in [-0.4, -0.2) is 23.8 Å². The summed E-state index contributed by atoms with van der Waals surface area (Å²) in [6, 6.07) is 0. The highest BCUT2D eigenvalue weighted by molar-refractivity contribution is 8.32. The molecule has 0 aliphatic heterocycles. The predicted octanol–water partition coefficient (Wildman–Crippen LogP) is 2.34. The maximum absolute atomic E-state index is 5.35. The van der Waals surface area contributed by atoms with E-state index in [0.29, 0.717) is 0 Å². The summed E-state index contributed by atoms with van der Waals surface area (Å²) < 4.78 is 5.35. The van der Waals surface area contributed by atoms with Crippen LogP contribution in [0.2, 0.25) is 0 Å². The van der Waals surface area contributed by atoms with E-state index in [1.54, 1.807) is 0 Å². The highest BCUT2D eigenvalue weighted by atomic mass is 32.3. The van der Waals surface area contributed by atoms with Gasteiger partial charge in [0.1, 0.15) is 10.8 Å². The zero-order valence-electron chi connectivity index (χ0n) is 7.76. The van der Waals surface area contributed by atoms with Gasteiger partial charge in [0.05, 0.1) is 0 Å². The molecule has 0 aromatic carbocycles. The molecular weight excluding hydrogens is 158 g/mol. The van der Waals surface area contributed by atoms with Crippen molar-refractivity contribution in [2.24, 2.45) is 0 Å². The minimum Gasteiger partial charge on any atom is -0.445 e. The Morgan fingerprint density at radius 2 is 1.73 bits per heavy atom. The van der Waals surface area contributed by atoms with Crippen LogP contribution in [0.15, 0.2) is 9.44 Å². The predicted molar refractivity (Wildman–Crippen MR) is 49.6 cm³/mol. The van der Waals surface area contributed by atoms with Gasteiger partial charge in [0.2, 0.25) is 0 Å². The van der Waals surface area contributed by atoms with E-state index in [2.05, 4.69) is 23.8 Å². The van der Waals surface area contributed by atoms with Gasteiger partial charge in [-0.1, -0.05) is 0 Å². The van der Waals surface area contributed by atoms with Gasteiger partial charge >= 0.3 is 0 Å². The fourth-order valence-corrected chi connectivity index (χ4v) is 2.38. The lowest BCUT2D eigenvalue weighted by atomic mass is 10.6. The molecule has 0 aliphatic carbocycles. The highest BCUT2D eigenvalue weighted by Gasteiger charge is 2.16. The summed E-state index contributed by atoms with van der Waals surface area (Å²) in [5.41, 5.74) is 0. The molecule has 0 unspecified atom stereocenters. The molecule has 0 radical (unpaired) electrons. The molecule has 0 atom stereocenters. The van der Waals surface area contributed by atoms with Crippen LogP contribution in [-0.2, 0) is 0 Å². The standard InChI is InChI=1S/C8H15NOS/c1-6-8(11(3,4)5)9-7(2)10-6/h1-5H3.